The second kappa shape index (κ2) is 10.4. The van der Waals surface area contributed by atoms with E-state index < -0.39 is 30.8 Å². The number of rotatable bonds is 9. The first-order chi connectivity index (χ1) is 17.1. The fraction of sp³-hybridized carbons (Fsp3) is 0.346. The maximum atomic E-state index is 12.8. The highest BCUT2D eigenvalue weighted by atomic mass is 35.5. The number of anilines is 2. The van der Waals surface area contributed by atoms with E-state index in [1.165, 1.54) is 14.0 Å². The van der Waals surface area contributed by atoms with Crippen LogP contribution in [-0.4, -0.2) is 59.8 Å². The molecule has 190 valence electrons. The summed E-state index contributed by atoms with van der Waals surface area (Å²) in [5.74, 6) is -0.802. The summed E-state index contributed by atoms with van der Waals surface area (Å²) in [7, 11) is 1.46. The van der Waals surface area contributed by atoms with E-state index in [1.54, 1.807) is 30.3 Å². The predicted molar refractivity (Wildman–Crippen MR) is 140 cm³/mol. The monoisotopic (exact) mass is 513 g/mol. The van der Waals surface area contributed by atoms with Gasteiger partial charge in [-0.1, -0.05) is 42.7 Å². The van der Waals surface area contributed by atoms with Crippen molar-refractivity contribution in [2.45, 2.75) is 39.1 Å². The van der Waals surface area contributed by atoms with E-state index in [4.69, 9.17) is 21.2 Å². The molecule has 0 aliphatic carbocycles. The smallest absolute Gasteiger partial charge is 0.265 e. The molecule has 0 aromatic heterocycles. The molecule has 3 aromatic rings. The van der Waals surface area contributed by atoms with Crippen LogP contribution in [0.5, 0.6) is 0 Å². The molecule has 0 radical (unpaired) electrons. The third-order valence-electron chi connectivity index (χ3n) is 6.11. The quantitative estimate of drug-likeness (QED) is 0.195. The number of carbonyl (C=O) groups is 2. The maximum absolute atomic E-state index is 12.8. The predicted octanol–water partition coefficient (Wildman–Crippen LogP) is 3.94. The fourth-order valence-electron chi connectivity index (χ4n) is 4.48. The Labute approximate surface area is 213 Å². The Morgan fingerprint density at radius 1 is 1.14 bits per heavy atom. The van der Waals surface area contributed by atoms with Crippen molar-refractivity contribution in [3.63, 3.8) is 0 Å². The van der Waals surface area contributed by atoms with Gasteiger partial charge in [-0.25, -0.2) is 0 Å². The van der Waals surface area contributed by atoms with Crippen LogP contribution in [0.15, 0.2) is 41.6 Å². The molecular weight excluding hydrogens is 486 g/mol. The van der Waals surface area contributed by atoms with E-state index in [9.17, 15) is 19.8 Å². The third-order valence-corrected chi connectivity index (χ3v) is 6.43. The Morgan fingerprint density at radius 3 is 2.56 bits per heavy atom. The fourth-order valence-corrected chi connectivity index (χ4v) is 4.76. The van der Waals surface area contributed by atoms with Gasteiger partial charge in [0.05, 0.1) is 11.7 Å². The molecule has 0 saturated heterocycles. The summed E-state index contributed by atoms with van der Waals surface area (Å²) in [6.45, 7) is 4.70. The molecule has 1 aliphatic rings. The lowest BCUT2D eigenvalue weighted by atomic mass is 9.96. The molecule has 2 amide bonds. The molecule has 1 aliphatic heterocycles. The number of nitrogens with one attached hydrogen (secondary N) is 2. The zero-order valence-corrected chi connectivity index (χ0v) is 21.1. The number of hydrogen-bond acceptors (Lipinski definition) is 7. The molecule has 0 saturated carbocycles. The minimum absolute atomic E-state index is 0.0671. The van der Waals surface area contributed by atoms with Crippen molar-refractivity contribution in [2.75, 3.05) is 24.4 Å². The number of amides is 2. The summed E-state index contributed by atoms with van der Waals surface area (Å²) in [5, 5.41) is 33.1. The summed E-state index contributed by atoms with van der Waals surface area (Å²) < 4.78 is 5.41. The molecule has 3 aromatic carbocycles. The minimum Gasteiger partial charge on any atom is -0.390 e. The number of methoxy groups -OCH3 is 1. The number of hydrogen-bond donors (Lipinski definition) is 4. The Kier molecular flexibility index (Phi) is 7.46. The van der Waals surface area contributed by atoms with Crippen LogP contribution in [0.3, 0.4) is 0 Å². The summed E-state index contributed by atoms with van der Waals surface area (Å²) >= 11 is 6.53. The number of halogens is 1. The third kappa shape index (κ3) is 4.75. The average Bonchev–Trinajstić information content (AvgIpc) is 3.15. The van der Waals surface area contributed by atoms with Crippen molar-refractivity contribution in [3.05, 3.63) is 47.0 Å². The van der Waals surface area contributed by atoms with Gasteiger partial charge < -0.3 is 30.4 Å². The molecule has 36 heavy (non-hydrogen) atoms. The van der Waals surface area contributed by atoms with Crippen molar-refractivity contribution in [1.82, 2.24) is 0 Å². The second-order valence-corrected chi connectivity index (χ2v) is 9.46. The largest absolute Gasteiger partial charge is 0.390 e. The average molecular weight is 514 g/mol. The van der Waals surface area contributed by atoms with Crippen molar-refractivity contribution < 1.29 is 29.4 Å². The molecule has 0 fully saturated rings. The van der Waals surface area contributed by atoms with Gasteiger partial charge in [-0.3, -0.25) is 9.59 Å². The number of benzene rings is 3. The number of aliphatic hydroxyl groups excluding tert-OH is 2. The van der Waals surface area contributed by atoms with Crippen LogP contribution in [0.4, 0.5) is 11.4 Å². The van der Waals surface area contributed by atoms with Crippen LogP contribution in [-0.2, 0) is 14.4 Å². The molecule has 3 atom stereocenters. The molecule has 4 rings (SSSR count). The second-order valence-electron chi connectivity index (χ2n) is 9.05. The van der Waals surface area contributed by atoms with Gasteiger partial charge in [0.1, 0.15) is 17.9 Å². The first kappa shape index (κ1) is 25.8. The Morgan fingerprint density at radius 2 is 1.89 bits per heavy atom. The number of aliphatic hydroxyl groups is 2. The van der Waals surface area contributed by atoms with Gasteiger partial charge in [0.2, 0.25) is 0 Å². The lowest BCUT2D eigenvalue weighted by Gasteiger charge is -2.25. The zero-order valence-electron chi connectivity index (χ0n) is 20.3. The number of carbonyl (C=O) groups excluding carboxylic acids is 2. The van der Waals surface area contributed by atoms with Crippen LogP contribution in [0.1, 0.15) is 31.1 Å². The molecular formula is C26H28ClN3O6. The number of fused-ring (bicyclic) bond motifs is 2. The normalized spacial score (nSPS) is 15.8. The van der Waals surface area contributed by atoms with Crippen molar-refractivity contribution in [3.8, 4) is 0 Å². The zero-order chi connectivity index (χ0) is 26.1. The molecule has 9 nitrogen and oxygen atoms in total. The first-order valence-electron chi connectivity index (χ1n) is 11.5. The Bertz CT molecular complexity index is 1370. The SMILES string of the molecule is CO[C@H](/C(=N/OCC(=O)Nc1ccc2c3c(cc4cccc(Cl)c4c13)C(=O)N2)[C@@H](O)[C@@H](C)O)C(C)C. The first-order valence-corrected chi connectivity index (χ1v) is 11.9. The molecule has 10 heteroatoms. The summed E-state index contributed by atoms with van der Waals surface area (Å²) in [4.78, 5) is 30.6. The van der Waals surface area contributed by atoms with E-state index in [1.807, 2.05) is 19.9 Å². The highest BCUT2D eigenvalue weighted by molar-refractivity contribution is 6.41. The van der Waals surface area contributed by atoms with E-state index in [2.05, 4.69) is 15.8 Å². The standard InChI is InChI=1S/C26H28ClN3O6/c1-12(2)25(35-4)23(24(33)13(3)31)30-36-11-19(32)28-18-9-8-17-21-15(26(34)29-17)10-14-6-5-7-16(27)20(14)22(18)21/h5-10,12-13,24-25,31,33H,11H2,1-4H3,(H,28,32)(H,29,34)/b30-23+/t13-,24+,25+/m1/s1. The van der Waals surface area contributed by atoms with Crippen LogP contribution >= 0.6 is 11.6 Å². The van der Waals surface area contributed by atoms with Gasteiger partial charge >= 0.3 is 0 Å². The highest BCUT2D eigenvalue weighted by Gasteiger charge is 2.30. The van der Waals surface area contributed by atoms with E-state index in [-0.39, 0.29) is 17.5 Å². The van der Waals surface area contributed by atoms with Crippen LogP contribution in [0, 0.1) is 5.92 Å². The van der Waals surface area contributed by atoms with Crippen molar-refractivity contribution in [1.29, 1.82) is 0 Å². The molecule has 1 heterocycles. The van der Waals surface area contributed by atoms with E-state index in [0.717, 1.165) is 5.39 Å². The van der Waals surface area contributed by atoms with Crippen LogP contribution < -0.4 is 10.6 Å². The number of oxime groups is 1. The molecule has 0 spiro atoms. The summed E-state index contributed by atoms with van der Waals surface area (Å²) in [5.41, 5.74) is 1.69. The minimum atomic E-state index is -1.32. The molecule has 0 bridgehead atoms. The Balaban J connectivity index is 1.64. The lowest BCUT2D eigenvalue weighted by Crippen LogP contribution is -2.42. The van der Waals surface area contributed by atoms with Crippen molar-refractivity contribution in [2.24, 2.45) is 11.1 Å². The van der Waals surface area contributed by atoms with Gasteiger partial charge in [0.25, 0.3) is 11.8 Å². The number of nitrogens with zero attached hydrogens (tertiary/aromatic N) is 1. The lowest BCUT2D eigenvalue weighted by molar-refractivity contribution is -0.120. The van der Waals surface area contributed by atoms with Gasteiger partial charge in [0, 0.05) is 39.7 Å². The highest BCUT2D eigenvalue weighted by Crippen LogP contribution is 2.43. The summed E-state index contributed by atoms with van der Waals surface area (Å²) in [6.07, 6.45) is -3.05. The number of ether oxygens (including phenoxy) is 1. The van der Waals surface area contributed by atoms with E-state index in [0.29, 0.717) is 38.1 Å². The van der Waals surface area contributed by atoms with Gasteiger partial charge in [-0.15, -0.1) is 0 Å². The topological polar surface area (TPSA) is 129 Å². The van der Waals surface area contributed by atoms with Crippen LogP contribution in [0.25, 0.3) is 21.5 Å². The maximum Gasteiger partial charge on any atom is 0.265 e. The van der Waals surface area contributed by atoms with Crippen molar-refractivity contribution >= 4 is 62.0 Å². The summed E-state index contributed by atoms with van der Waals surface area (Å²) in [6, 6.07) is 10.6. The molecule has 4 N–H and O–H groups in total. The van der Waals surface area contributed by atoms with E-state index >= 15 is 0 Å². The Hall–Kier alpha value is -3.24. The van der Waals surface area contributed by atoms with Crippen LogP contribution in [0.2, 0.25) is 5.02 Å². The van der Waals surface area contributed by atoms with Gasteiger partial charge in [-0.05, 0) is 42.5 Å². The van der Waals surface area contributed by atoms with Gasteiger partial charge in [0.15, 0.2) is 6.61 Å². The molecule has 0 unspecified atom stereocenters. The van der Waals surface area contributed by atoms with Gasteiger partial charge in [-0.2, -0.15) is 0 Å².